The lowest BCUT2D eigenvalue weighted by Gasteiger charge is -2.32. The van der Waals surface area contributed by atoms with E-state index in [9.17, 15) is 14.0 Å². The second-order valence-corrected chi connectivity index (χ2v) is 9.53. The summed E-state index contributed by atoms with van der Waals surface area (Å²) in [6, 6.07) is 8.81. The van der Waals surface area contributed by atoms with Crippen molar-refractivity contribution < 1.29 is 14.0 Å². The summed E-state index contributed by atoms with van der Waals surface area (Å²) in [6.07, 6.45) is 8.48. The normalized spacial score (nSPS) is 14.6. The molecule has 0 aliphatic carbocycles. The van der Waals surface area contributed by atoms with E-state index in [1.54, 1.807) is 42.4 Å². The number of hydrogen-bond acceptors (Lipinski definition) is 4. The Bertz CT molecular complexity index is 1070. The highest BCUT2D eigenvalue weighted by Gasteiger charge is 2.25. The minimum absolute atomic E-state index is 0.0265. The van der Waals surface area contributed by atoms with E-state index in [4.69, 9.17) is 0 Å². The average molecular weight is 454 g/mol. The molecule has 0 atom stereocenters. The Morgan fingerprint density at radius 3 is 2.81 bits per heavy atom. The number of pyridine rings is 1. The maximum Gasteiger partial charge on any atom is 0.261 e. The van der Waals surface area contributed by atoms with Crippen LogP contribution in [0.1, 0.15) is 57.7 Å². The van der Waals surface area contributed by atoms with Crippen LogP contribution in [0.15, 0.2) is 42.7 Å². The first-order valence-electron chi connectivity index (χ1n) is 11.2. The molecule has 1 aliphatic rings. The minimum Gasteiger partial charge on any atom is -0.351 e. The molecular formula is C25H28FN3O2S. The van der Waals surface area contributed by atoms with Crippen molar-refractivity contribution in [2.45, 2.75) is 39.0 Å². The monoisotopic (exact) mass is 453 g/mol. The minimum atomic E-state index is -0.408. The second-order valence-electron chi connectivity index (χ2n) is 8.45. The molecule has 0 radical (unpaired) electrons. The van der Waals surface area contributed by atoms with Gasteiger partial charge in [-0.25, -0.2) is 4.39 Å². The zero-order chi connectivity index (χ0) is 22.5. The first kappa shape index (κ1) is 22.4. The molecule has 1 saturated heterocycles. The number of nitrogens with one attached hydrogen (secondary N) is 1. The summed E-state index contributed by atoms with van der Waals surface area (Å²) in [5.74, 6) is -0.0630. The summed E-state index contributed by atoms with van der Waals surface area (Å²) in [5.41, 5.74) is 0.677. The number of piperidine rings is 1. The average Bonchev–Trinajstić information content (AvgIpc) is 3.25. The largest absolute Gasteiger partial charge is 0.351 e. The lowest BCUT2D eigenvalue weighted by atomic mass is 9.91. The Kier molecular flexibility index (Phi) is 7.15. The van der Waals surface area contributed by atoms with E-state index in [1.165, 1.54) is 11.3 Å². The molecule has 32 heavy (non-hydrogen) atoms. The lowest BCUT2D eigenvalue weighted by molar-refractivity contribution is 0.0681. The van der Waals surface area contributed by atoms with Gasteiger partial charge in [-0.2, -0.15) is 0 Å². The number of thiophene rings is 1. The number of nitrogens with zero attached hydrogens (tertiary/aromatic N) is 2. The zero-order valence-electron chi connectivity index (χ0n) is 18.3. The van der Waals surface area contributed by atoms with Gasteiger partial charge in [0.05, 0.1) is 15.1 Å². The third kappa shape index (κ3) is 5.15. The summed E-state index contributed by atoms with van der Waals surface area (Å²) in [5, 5.41) is 4.06. The van der Waals surface area contributed by atoms with Gasteiger partial charge >= 0.3 is 0 Å². The van der Waals surface area contributed by atoms with Gasteiger partial charge in [0, 0.05) is 32.0 Å². The number of carbonyl (C=O) groups is 2. The molecule has 2 amide bonds. The number of carbonyl (C=O) groups excluding carboxylic acids is 2. The Balaban J connectivity index is 1.15. The molecule has 5 nitrogen and oxygen atoms in total. The first-order valence-corrected chi connectivity index (χ1v) is 12.0. The quantitative estimate of drug-likeness (QED) is 0.501. The number of rotatable bonds is 7. The van der Waals surface area contributed by atoms with Crippen molar-refractivity contribution in [1.82, 2.24) is 15.2 Å². The lowest BCUT2D eigenvalue weighted by Crippen LogP contribution is -2.39. The van der Waals surface area contributed by atoms with E-state index in [0.717, 1.165) is 47.1 Å². The Morgan fingerprint density at radius 1 is 1.22 bits per heavy atom. The fraction of sp³-hybridized carbons (Fsp3) is 0.400. The SMILES string of the molecule is Cc1cccc(C(=O)N2CCC(CCCCNC(=O)c3cc4ccncc4s3)CC2)c1F. The predicted octanol–water partition coefficient (Wildman–Crippen LogP) is 5.20. The van der Waals surface area contributed by atoms with E-state index in [1.807, 2.05) is 12.1 Å². The molecule has 1 N–H and O–H groups in total. The van der Waals surface area contributed by atoms with Crippen molar-refractivity contribution in [3.8, 4) is 0 Å². The molecule has 3 heterocycles. The van der Waals surface area contributed by atoms with Crippen molar-refractivity contribution in [3.05, 3.63) is 64.5 Å². The number of unbranched alkanes of at least 4 members (excludes halogenated alkanes) is 1. The van der Waals surface area contributed by atoms with Crippen molar-refractivity contribution in [2.24, 2.45) is 5.92 Å². The topological polar surface area (TPSA) is 62.3 Å². The molecular weight excluding hydrogens is 425 g/mol. The molecule has 1 aliphatic heterocycles. The highest BCUT2D eigenvalue weighted by molar-refractivity contribution is 7.20. The number of hydrogen-bond donors (Lipinski definition) is 1. The van der Waals surface area contributed by atoms with E-state index < -0.39 is 5.82 Å². The van der Waals surface area contributed by atoms with Crippen molar-refractivity contribution in [1.29, 1.82) is 0 Å². The Hall–Kier alpha value is -2.80. The molecule has 2 aromatic heterocycles. The van der Waals surface area contributed by atoms with Crippen LogP contribution >= 0.6 is 11.3 Å². The van der Waals surface area contributed by atoms with Gasteiger partial charge in [-0.15, -0.1) is 11.3 Å². The van der Waals surface area contributed by atoms with Gasteiger partial charge in [-0.05, 0) is 61.3 Å². The molecule has 0 saturated carbocycles. The number of fused-ring (bicyclic) bond motifs is 1. The number of likely N-dealkylation sites (tertiary alicyclic amines) is 1. The van der Waals surface area contributed by atoms with Crippen LogP contribution in [0.2, 0.25) is 0 Å². The summed E-state index contributed by atoms with van der Waals surface area (Å²) < 4.78 is 15.3. The smallest absolute Gasteiger partial charge is 0.261 e. The number of aryl methyl sites for hydroxylation is 1. The van der Waals surface area contributed by atoms with Crippen LogP contribution in [-0.4, -0.2) is 41.3 Å². The zero-order valence-corrected chi connectivity index (χ0v) is 19.1. The third-order valence-electron chi connectivity index (χ3n) is 6.20. The molecule has 3 aromatic rings. The first-order chi connectivity index (χ1) is 15.5. The third-order valence-corrected chi connectivity index (χ3v) is 7.28. The van der Waals surface area contributed by atoms with Crippen LogP contribution in [-0.2, 0) is 0 Å². The molecule has 4 rings (SSSR count). The van der Waals surface area contributed by atoms with E-state index >= 15 is 0 Å². The van der Waals surface area contributed by atoms with Gasteiger partial charge in [0.2, 0.25) is 0 Å². The van der Waals surface area contributed by atoms with Gasteiger partial charge in [-0.1, -0.05) is 25.0 Å². The number of amides is 2. The van der Waals surface area contributed by atoms with E-state index in [-0.39, 0.29) is 17.4 Å². The van der Waals surface area contributed by atoms with Crippen molar-refractivity contribution in [2.75, 3.05) is 19.6 Å². The van der Waals surface area contributed by atoms with E-state index in [0.29, 0.717) is 31.1 Å². The van der Waals surface area contributed by atoms with Crippen LogP contribution in [0, 0.1) is 18.7 Å². The van der Waals surface area contributed by atoms with Crippen LogP contribution in [0.25, 0.3) is 10.1 Å². The highest BCUT2D eigenvalue weighted by Crippen LogP contribution is 2.26. The summed E-state index contributed by atoms with van der Waals surface area (Å²) in [6.45, 7) is 3.69. The van der Waals surface area contributed by atoms with Crippen LogP contribution in [0.3, 0.4) is 0 Å². The summed E-state index contributed by atoms with van der Waals surface area (Å²) in [4.78, 5) is 31.6. The fourth-order valence-corrected chi connectivity index (χ4v) is 5.20. The molecule has 0 bridgehead atoms. The highest BCUT2D eigenvalue weighted by atomic mass is 32.1. The number of halogens is 1. The van der Waals surface area contributed by atoms with Gasteiger partial charge in [0.25, 0.3) is 11.8 Å². The second kappa shape index (κ2) is 10.2. The van der Waals surface area contributed by atoms with Gasteiger partial charge < -0.3 is 10.2 Å². The molecule has 0 spiro atoms. The molecule has 1 fully saturated rings. The van der Waals surface area contributed by atoms with Crippen molar-refractivity contribution in [3.63, 3.8) is 0 Å². The number of aromatic nitrogens is 1. The molecule has 168 valence electrons. The number of benzene rings is 1. The van der Waals surface area contributed by atoms with Gasteiger partial charge in [-0.3, -0.25) is 14.6 Å². The summed E-state index contributed by atoms with van der Waals surface area (Å²) >= 11 is 1.46. The molecule has 0 unspecified atom stereocenters. The Labute approximate surface area is 191 Å². The standard InChI is InChI=1S/C25H28FN3O2S/c1-17-5-4-7-20(23(17)26)25(31)29-13-9-18(10-14-29)6-2-3-11-28-24(30)21-15-19-8-12-27-16-22(19)32-21/h4-5,7-8,12,15-16,18H,2-3,6,9-11,13-14H2,1H3,(H,28,30). The van der Waals surface area contributed by atoms with Crippen LogP contribution < -0.4 is 5.32 Å². The van der Waals surface area contributed by atoms with Crippen LogP contribution in [0.5, 0.6) is 0 Å². The van der Waals surface area contributed by atoms with Gasteiger partial charge in [0.15, 0.2) is 0 Å². The van der Waals surface area contributed by atoms with Crippen LogP contribution in [0.4, 0.5) is 4.39 Å². The predicted molar refractivity (Wildman–Crippen MR) is 126 cm³/mol. The maximum atomic E-state index is 14.3. The summed E-state index contributed by atoms with van der Waals surface area (Å²) in [7, 11) is 0. The molecule has 1 aromatic carbocycles. The van der Waals surface area contributed by atoms with E-state index in [2.05, 4.69) is 10.3 Å². The molecule has 7 heteroatoms. The Morgan fingerprint density at radius 2 is 2.03 bits per heavy atom. The maximum absolute atomic E-state index is 14.3. The van der Waals surface area contributed by atoms with Crippen molar-refractivity contribution >= 4 is 33.2 Å². The van der Waals surface area contributed by atoms with Gasteiger partial charge in [0.1, 0.15) is 5.82 Å². The fourth-order valence-electron chi connectivity index (χ4n) is 4.25.